The van der Waals surface area contributed by atoms with Crippen LogP contribution in [0.15, 0.2) is 59.6 Å². The van der Waals surface area contributed by atoms with Crippen LogP contribution in [-0.2, 0) is 6.54 Å². The second-order valence-corrected chi connectivity index (χ2v) is 10.8. The Morgan fingerprint density at radius 1 is 0.821 bits per heavy atom. The zero-order valence-electron chi connectivity index (χ0n) is 23.8. The lowest BCUT2D eigenvalue weighted by Crippen LogP contribution is -2.30. The standard InChI is InChI=1S/C32H45N3O3S/c1-3-4-5-6-7-8-9-10-11-12-13-14-21-38-30-19-18-29(24-31(30)37-2)34-32(36)33-28-17-15-16-27(23-28)25-35-20-22-39-26-35/h15-20,22-24,26H,3-14,21,25H2,1-2H3,(H-,33,34,36)/p+1. The molecule has 0 bridgehead atoms. The third kappa shape index (κ3) is 12.1. The minimum atomic E-state index is -0.303. The van der Waals surface area contributed by atoms with Crippen LogP contribution in [0.4, 0.5) is 16.2 Å². The lowest BCUT2D eigenvalue weighted by Gasteiger charge is -2.13. The molecule has 2 N–H and O–H groups in total. The first kappa shape index (κ1) is 30.5. The minimum Gasteiger partial charge on any atom is -0.493 e. The fourth-order valence-electron chi connectivity index (χ4n) is 4.59. The van der Waals surface area contributed by atoms with E-state index in [9.17, 15) is 4.79 Å². The van der Waals surface area contributed by atoms with E-state index in [-0.39, 0.29) is 6.03 Å². The molecular weight excluding hydrogens is 506 g/mol. The van der Waals surface area contributed by atoms with Crippen molar-refractivity contribution in [2.75, 3.05) is 24.4 Å². The number of anilines is 2. The van der Waals surface area contributed by atoms with E-state index in [1.54, 1.807) is 24.5 Å². The van der Waals surface area contributed by atoms with E-state index >= 15 is 0 Å². The number of carbonyl (C=O) groups excluding carboxylic acids is 1. The van der Waals surface area contributed by atoms with Crippen LogP contribution in [0.3, 0.4) is 0 Å². The van der Waals surface area contributed by atoms with Gasteiger partial charge in [-0.2, -0.15) is 4.57 Å². The monoisotopic (exact) mass is 552 g/mol. The zero-order valence-corrected chi connectivity index (χ0v) is 24.6. The van der Waals surface area contributed by atoms with Crippen LogP contribution in [0.5, 0.6) is 11.5 Å². The predicted molar refractivity (Wildman–Crippen MR) is 162 cm³/mol. The molecule has 212 valence electrons. The number of thiazole rings is 1. The first-order valence-electron chi connectivity index (χ1n) is 14.6. The number of hydrogen-bond acceptors (Lipinski definition) is 4. The van der Waals surface area contributed by atoms with Crippen molar-refractivity contribution >= 4 is 28.7 Å². The number of unbranched alkanes of at least 4 members (excludes halogenated alkanes) is 11. The van der Waals surface area contributed by atoms with Crippen LogP contribution in [0.25, 0.3) is 0 Å². The molecule has 1 heterocycles. The number of hydrogen-bond donors (Lipinski definition) is 2. The van der Waals surface area contributed by atoms with Crippen LogP contribution in [0, 0.1) is 0 Å². The summed E-state index contributed by atoms with van der Waals surface area (Å²) < 4.78 is 13.6. The number of ether oxygens (including phenoxy) is 2. The first-order valence-corrected chi connectivity index (χ1v) is 15.5. The first-order chi connectivity index (χ1) is 19.2. The van der Waals surface area contributed by atoms with Crippen molar-refractivity contribution in [3.05, 3.63) is 65.1 Å². The molecule has 3 aromatic rings. The van der Waals surface area contributed by atoms with Crippen LogP contribution in [0.1, 0.15) is 89.5 Å². The molecule has 0 radical (unpaired) electrons. The largest absolute Gasteiger partial charge is 0.493 e. The summed E-state index contributed by atoms with van der Waals surface area (Å²) in [5, 5.41) is 7.84. The van der Waals surface area contributed by atoms with Gasteiger partial charge in [-0.3, -0.25) is 0 Å². The summed E-state index contributed by atoms with van der Waals surface area (Å²) in [5.74, 6) is 1.31. The average molecular weight is 553 g/mol. The van der Waals surface area contributed by atoms with E-state index in [0.29, 0.717) is 23.8 Å². The van der Waals surface area contributed by atoms with Crippen LogP contribution < -0.4 is 24.7 Å². The molecule has 0 fully saturated rings. The highest BCUT2D eigenvalue weighted by Crippen LogP contribution is 2.30. The van der Waals surface area contributed by atoms with Gasteiger partial charge in [0.05, 0.1) is 19.1 Å². The molecule has 7 heteroatoms. The van der Waals surface area contributed by atoms with Gasteiger partial charge in [-0.1, -0.05) is 101 Å². The lowest BCUT2D eigenvalue weighted by molar-refractivity contribution is -0.683. The number of urea groups is 1. The molecule has 0 spiro atoms. The molecule has 0 saturated heterocycles. The van der Waals surface area contributed by atoms with Crippen molar-refractivity contribution in [2.24, 2.45) is 0 Å². The van der Waals surface area contributed by atoms with Gasteiger partial charge in [0.15, 0.2) is 24.2 Å². The summed E-state index contributed by atoms with van der Waals surface area (Å²) in [6, 6.07) is 13.0. The molecule has 39 heavy (non-hydrogen) atoms. The molecule has 0 aliphatic carbocycles. The van der Waals surface area contributed by atoms with Crippen molar-refractivity contribution in [3.8, 4) is 11.5 Å². The number of nitrogens with zero attached hydrogens (tertiary/aromatic N) is 1. The molecule has 0 aliphatic rings. The third-order valence-corrected chi connectivity index (χ3v) is 7.43. The SMILES string of the molecule is CCCCCCCCCCCCCCOc1ccc(NC(=O)Nc2cccc(C[n+]3ccsc3)c2)cc1OC. The Kier molecular flexibility index (Phi) is 14.3. The Hall–Kier alpha value is -3.06. The van der Waals surface area contributed by atoms with Gasteiger partial charge >= 0.3 is 6.03 Å². The highest BCUT2D eigenvalue weighted by Gasteiger charge is 2.10. The van der Waals surface area contributed by atoms with E-state index in [0.717, 1.165) is 24.2 Å². The van der Waals surface area contributed by atoms with Crippen LogP contribution in [-0.4, -0.2) is 19.7 Å². The van der Waals surface area contributed by atoms with Crippen molar-refractivity contribution in [1.82, 2.24) is 0 Å². The lowest BCUT2D eigenvalue weighted by atomic mass is 10.1. The summed E-state index contributed by atoms with van der Waals surface area (Å²) in [4.78, 5) is 12.6. The molecule has 0 unspecified atom stereocenters. The average Bonchev–Trinajstić information content (AvgIpc) is 3.45. The Balaban J connectivity index is 1.33. The number of methoxy groups -OCH3 is 1. The summed E-state index contributed by atoms with van der Waals surface area (Å²) in [6.07, 6.45) is 17.9. The summed E-state index contributed by atoms with van der Waals surface area (Å²) >= 11 is 1.65. The second kappa shape index (κ2) is 18.3. The van der Waals surface area contributed by atoms with E-state index < -0.39 is 0 Å². The fourth-order valence-corrected chi connectivity index (χ4v) is 5.19. The summed E-state index contributed by atoms with van der Waals surface area (Å²) in [5.41, 5.74) is 4.57. The van der Waals surface area contributed by atoms with E-state index in [2.05, 4.69) is 33.7 Å². The maximum absolute atomic E-state index is 12.6. The zero-order chi connectivity index (χ0) is 27.5. The second-order valence-electron chi connectivity index (χ2n) is 10.1. The Labute approximate surface area is 238 Å². The number of benzene rings is 2. The Bertz CT molecular complexity index is 1090. The van der Waals surface area contributed by atoms with Gasteiger partial charge in [-0.25, -0.2) is 4.79 Å². The molecule has 0 aliphatic heterocycles. The Morgan fingerprint density at radius 3 is 2.13 bits per heavy atom. The normalized spacial score (nSPS) is 10.8. The van der Waals surface area contributed by atoms with Crippen LogP contribution in [0.2, 0.25) is 0 Å². The third-order valence-electron chi connectivity index (χ3n) is 6.75. The molecular formula is C32H46N3O3S+. The summed E-state index contributed by atoms with van der Waals surface area (Å²) in [7, 11) is 1.62. The Morgan fingerprint density at radius 2 is 1.49 bits per heavy atom. The highest BCUT2D eigenvalue weighted by molar-refractivity contribution is 7.07. The van der Waals surface area contributed by atoms with Gasteiger partial charge < -0.3 is 20.1 Å². The van der Waals surface area contributed by atoms with Gasteiger partial charge in [-0.05, 0) is 30.7 Å². The van der Waals surface area contributed by atoms with Crippen molar-refractivity contribution in [3.63, 3.8) is 0 Å². The van der Waals surface area contributed by atoms with Crippen molar-refractivity contribution < 1.29 is 18.8 Å². The maximum Gasteiger partial charge on any atom is 0.323 e. The molecule has 2 aromatic carbocycles. The van der Waals surface area contributed by atoms with Crippen molar-refractivity contribution in [2.45, 2.75) is 90.5 Å². The molecule has 2 amide bonds. The van der Waals surface area contributed by atoms with Crippen LogP contribution >= 0.6 is 11.3 Å². The smallest absolute Gasteiger partial charge is 0.323 e. The number of aromatic nitrogens is 1. The molecule has 0 saturated carbocycles. The molecule has 0 atom stereocenters. The number of nitrogens with one attached hydrogen (secondary N) is 2. The van der Waals surface area contributed by atoms with Gasteiger partial charge in [0.2, 0.25) is 5.51 Å². The van der Waals surface area contributed by atoms with Gasteiger partial charge in [0, 0.05) is 23.0 Å². The predicted octanol–water partition coefficient (Wildman–Crippen LogP) is 8.82. The van der Waals surface area contributed by atoms with Gasteiger partial charge in [0.1, 0.15) is 0 Å². The fraction of sp³-hybridized carbons (Fsp3) is 0.500. The number of amides is 2. The van der Waals surface area contributed by atoms with E-state index in [4.69, 9.17) is 9.47 Å². The van der Waals surface area contributed by atoms with E-state index in [1.165, 1.54) is 70.6 Å². The summed E-state index contributed by atoms with van der Waals surface area (Å²) in [6.45, 7) is 3.70. The van der Waals surface area contributed by atoms with Gasteiger partial charge in [-0.15, -0.1) is 0 Å². The van der Waals surface area contributed by atoms with E-state index in [1.807, 2.05) is 41.9 Å². The number of carbonyl (C=O) groups is 1. The molecule has 6 nitrogen and oxygen atoms in total. The van der Waals surface area contributed by atoms with Crippen molar-refractivity contribution in [1.29, 1.82) is 0 Å². The quantitative estimate of drug-likeness (QED) is 0.115. The highest BCUT2D eigenvalue weighted by atomic mass is 32.1. The molecule has 1 aromatic heterocycles. The maximum atomic E-state index is 12.6. The number of rotatable bonds is 19. The molecule has 3 rings (SSSR count). The topological polar surface area (TPSA) is 63.5 Å². The van der Waals surface area contributed by atoms with Gasteiger partial charge in [0.25, 0.3) is 0 Å². The minimum absolute atomic E-state index is 0.303.